The quantitative estimate of drug-likeness (QED) is 0.482. The van der Waals surface area contributed by atoms with E-state index in [0.717, 1.165) is 5.56 Å². The number of cyclic esters (lactones) is 1. The summed E-state index contributed by atoms with van der Waals surface area (Å²) in [6.45, 7) is 1.87. The largest absolute Gasteiger partial charge is 0.497 e. The van der Waals surface area contributed by atoms with E-state index >= 15 is 0 Å². The minimum atomic E-state index is -1.34. The fraction of sp³-hybridized carbons (Fsp3) is 0.375. The molecule has 1 saturated heterocycles. The molecular formula is C16H16O5. The second-order valence-corrected chi connectivity index (χ2v) is 5.16. The van der Waals surface area contributed by atoms with Gasteiger partial charge in [0.25, 0.3) is 0 Å². The highest BCUT2D eigenvalue weighted by molar-refractivity contribution is 6.08. The summed E-state index contributed by atoms with van der Waals surface area (Å²) in [6, 6.07) is 7.17. The SMILES string of the molecule is COc1ccc(C2OCC3=CCOC(=O)C32C(C)=O)cc1. The Labute approximate surface area is 122 Å². The van der Waals surface area contributed by atoms with Crippen LogP contribution in [0.25, 0.3) is 0 Å². The summed E-state index contributed by atoms with van der Waals surface area (Å²) < 4.78 is 16.0. The van der Waals surface area contributed by atoms with Gasteiger partial charge in [-0.2, -0.15) is 0 Å². The van der Waals surface area contributed by atoms with Gasteiger partial charge < -0.3 is 14.2 Å². The summed E-state index contributed by atoms with van der Waals surface area (Å²) in [5, 5.41) is 0. The smallest absolute Gasteiger partial charge is 0.327 e. The fourth-order valence-electron chi connectivity index (χ4n) is 3.05. The lowest BCUT2D eigenvalue weighted by Gasteiger charge is -2.32. The molecule has 0 spiro atoms. The van der Waals surface area contributed by atoms with E-state index in [1.54, 1.807) is 37.5 Å². The van der Waals surface area contributed by atoms with Gasteiger partial charge in [0.2, 0.25) is 0 Å². The van der Waals surface area contributed by atoms with Crippen molar-refractivity contribution in [2.75, 3.05) is 20.3 Å². The van der Waals surface area contributed by atoms with E-state index in [4.69, 9.17) is 14.2 Å². The van der Waals surface area contributed by atoms with Crippen molar-refractivity contribution in [2.24, 2.45) is 5.41 Å². The lowest BCUT2D eigenvalue weighted by molar-refractivity contribution is -0.162. The Kier molecular flexibility index (Phi) is 3.29. The van der Waals surface area contributed by atoms with Crippen molar-refractivity contribution in [1.82, 2.24) is 0 Å². The number of esters is 1. The number of Topliss-reactive ketones (excluding diaryl/α,β-unsaturated/α-hetero) is 1. The summed E-state index contributed by atoms with van der Waals surface area (Å²) in [7, 11) is 1.58. The average molecular weight is 288 g/mol. The Bertz CT molecular complexity index is 616. The number of hydrogen-bond acceptors (Lipinski definition) is 5. The van der Waals surface area contributed by atoms with Crippen molar-refractivity contribution in [1.29, 1.82) is 0 Å². The molecule has 2 aliphatic heterocycles. The van der Waals surface area contributed by atoms with E-state index in [9.17, 15) is 9.59 Å². The van der Waals surface area contributed by atoms with Crippen LogP contribution in [-0.2, 0) is 19.1 Å². The average Bonchev–Trinajstić information content (AvgIpc) is 2.89. The Morgan fingerprint density at radius 3 is 2.67 bits per heavy atom. The molecule has 0 N–H and O–H groups in total. The van der Waals surface area contributed by atoms with Gasteiger partial charge in [0.15, 0.2) is 11.2 Å². The molecule has 0 aromatic heterocycles. The minimum absolute atomic E-state index is 0.196. The molecule has 5 nitrogen and oxygen atoms in total. The van der Waals surface area contributed by atoms with Crippen molar-refractivity contribution >= 4 is 11.8 Å². The van der Waals surface area contributed by atoms with Crippen LogP contribution in [0.2, 0.25) is 0 Å². The van der Waals surface area contributed by atoms with Crippen LogP contribution >= 0.6 is 0 Å². The molecule has 2 atom stereocenters. The monoisotopic (exact) mass is 288 g/mol. The normalized spacial score (nSPS) is 27.6. The van der Waals surface area contributed by atoms with Gasteiger partial charge in [-0.05, 0) is 36.3 Å². The molecule has 0 amide bonds. The zero-order chi connectivity index (χ0) is 15.0. The topological polar surface area (TPSA) is 61.8 Å². The third-order valence-corrected chi connectivity index (χ3v) is 4.15. The minimum Gasteiger partial charge on any atom is -0.497 e. The molecule has 3 rings (SSSR count). The summed E-state index contributed by atoms with van der Waals surface area (Å²) >= 11 is 0. The third-order valence-electron chi connectivity index (χ3n) is 4.15. The lowest BCUT2D eigenvalue weighted by Crippen LogP contribution is -2.45. The molecule has 1 aromatic rings. The molecular weight excluding hydrogens is 272 g/mol. The van der Waals surface area contributed by atoms with E-state index in [-0.39, 0.29) is 19.0 Å². The van der Waals surface area contributed by atoms with Crippen molar-refractivity contribution in [3.63, 3.8) is 0 Å². The number of methoxy groups -OCH3 is 1. The predicted octanol–water partition coefficient (Wildman–Crippen LogP) is 1.83. The predicted molar refractivity (Wildman–Crippen MR) is 73.8 cm³/mol. The molecule has 2 heterocycles. The van der Waals surface area contributed by atoms with Crippen molar-refractivity contribution in [3.05, 3.63) is 41.5 Å². The molecule has 21 heavy (non-hydrogen) atoms. The summed E-state index contributed by atoms with van der Waals surface area (Å²) in [5.74, 6) is -0.0711. The number of ketones is 1. The maximum absolute atomic E-state index is 12.4. The number of ether oxygens (including phenoxy) is 3. The van der Waals surface area contributed by atoms with Crippen LogP contribution < -0.4 is 4.74 Å². The molecule has 1 aromatic carbocycles. The highest BCUT2D eigenvalue weighted by Crippen LogP contribution is 2.51. The van der Waals surface area contributed by atoms with Crippen molar-refractivity contribution < 1.29 is 23.8 Å². The lowest BCUT2D eigenvalue weighted by atomic mass is 9.71. The van der Waals surface area contributed by atoms with Gasteiger partial charge in [-0.1, -0.05) is 12.1 Å². The maximum Gasteiger partial charge on any atom is 0.327 e. The summed E-state index contributed by atoms with van der Waals surface area (Å²) in [5.41, 5.74) is 0.118. The van der Waals surface area contributed by atoms with Gasteiger partial charge in [0, 0.05) is 0 Å². The first-order valence-corrected chi connectivity index (χ1v) is 6.74. The first-order chi connectivity index (χ1) is 10.1. The molecule has 0 saturated carbocycles. The zero-order valence-corrected chi connectivity index (χ0v) is 11.9. The summed E-state index contributed by atoms with van der Waals surface area (Å²) in [4.78, 5) is 24.6. The van der Waals surface area contributed by atoms with E-state index in [0.29, 0.717) is 11.3 Å². The van der Waals surface area contributed by atoms with Gasteiger partial charge in [0.05, 0.1) is 13.7 Å². The van der Waals surface area contributed by atoms with E-state index in [1.807, 2.05) is 0 Å². The Morgan fingerprint density at radius 1 is 1.33 bits per heavy atom. The van der Waals surface area contributed by atoms with Crippen LogP contribution in [0.15, 0.2) is 35.9 Å². The number of carbonyl (C=O) groups excluding carboxylic acids is 2. The maximum atomic E-state index is 12.4. The number of hydrogen-bond donors (Lipinski definition) is 0. The van der Waals surface area contributed by atoms with Gasteiger partial charge in [-0.25, -0.2) is 0 Å². The molecule has 5 heteroatoms. The zero-order valence-electron chi connectivity index (χ0n) is 11.9. The number of carbonyl (C=O) groups is 2. The Balaban J connectivity index is 2.09. The van der Waals surface area contributed by atoms with Gasteiger partial charge in [-0.3, -0.25) is 9.59 Å². The van der Waals surface area contributed by atoms with Crippen LogP contribution in [0.3, 0.4) is 0 Å². The summed E-state index contributed by atoms with van der Waals surface area (Å²) in [6.07, 6.45) is 1.12. The van der Waals surface area contributed by atoms with Gasteiger partial charge in [0.1, 0.15) is 18.5 Å². The van der Waals surface area contributed by atoms with Crippen molar-refractivity contribution in [2.45, 2.75) is 13.0 Å². The molecule has 0 bridgehead atoms. The molecule has 2 unspecified atom stereocenters. The Morgan fingerprint density at radius 2 is 2.05 bits per heavy atom. The first kappa shape index (κ1) is 13.8. The molecule has 110 valence electrons. The third kappa shape index (κ3) is 1.88. The van der Waals surface area contributed by atoms with Gasteiger partial charge in [-0.15, -0.1) is 0 Å². The highest BCUT2D eigenvalue weighted by atomic mass is 16.5. The van der Waals surface area contributed by atoms with Crippen LogP contribution in [0.4, 0.5) is 0 Å². The second-order valence-electron chi connectivity index (χ2n) is 5.16. The van der Waals surface area contributed by atoms with E-state index in [1.165, 1.54) is 6.92 Å². The van der Waals surface area contributed by atoms with Gasteiger partial charge >= 0.3 is 5.97 Å². The molecule has 0 radical (unpaired) electrons. The first-order valence-electron chi connectivity index (χ1n) is 6.74. The van der Waals surface area contributed by atoms with Crippen LogP contribution in [-0.4, -0.2) is 32.1 Å². The molecule has 0 aliphatic carbocycles. The number of rotatable bonds is 3. The van der Waals surface area contributed by atoms with E-state index < -0.39 is 17.5 Å². The van der Waals surface area contributed by atoms with Crippen LogP contribution in [0.5, 0.6) is 5.75 Å². The van der Waals surface area contributed by atoms with E-state index in [2.05, 4.69) is 0 Å². The molecule has 2 aliphatic rings. The highest BCUT2D eigenvalue weighted by Gasteiger charge is 2.60. The van der Waals surface area contributed by atoms with Crippen LogP contribution in [0.1, 0.15) is 18.6 Å². The van der Waals surface area contributed by atoms with Crippen LogP contribution in [0, 0.1) is 5.41 Å². The number of benzene rings is 1. The second kappa shape index (κ2) is 5.00. The standard InChI is InChI=1S/C16H16O5/c1-10(17)16-12(7-8-20-15(16)18)9-21-14(16)11-3-5-13(19-2)6-4-11/h3-7,14H,8-9H2,1-2H3. The van der Waals surface area contributed by atoms with Crippen molar-refractivity contribution in [3.8, 4) is 5.75 Å². The Hall–Kier alpha value is -2.14. The molecule has 1 fully saturated rings. The fourth-order valence-corrected chi connectivity index (χ4v) is 3.05. The number of fused-ring (bicyclic) bond motifs is 1.